The van der Waals surface area contributed by atoms with Crippen LogP contribution >= 0.6 is 15.9 Å². The summed E-state index contributed by atoms with van der Waals surface area (Å²) in [6.07, 6.45) is 3.63. The van der Waals surface area contributed by atoms with E-state index in [0.717, 1.165) is 10.0 Å². The van der Waals surface area contributed by atoms with E-state index in [2.05, 4.69) is 15.9 Å². The van der Waals surface area contributed by atoms with Crippen LogP contribution in [0.1, 0.15) is 15.9 Å². The molecule has 3 rings (SSSR count). The van der Waals surface area contributed by atoms with Gasteiger partial charge in [0.05, 0.1) is 18.7 Å². The number of hydrogen-bond acceptors (Lipinski definition) is 2. The van der Waals surface area contributed by atoms with E-state index < -0.39 is 5.60 Å². The van der Waals surface area contributed by atoms with Gasteiger partial charge in [0.15, 0.2) is 0 Å². The number of benzene rings is 1. The van der Waals surface area contributed by atoms with Crippen LogP contribution in [0.2, 0.25) is 0 Å². The lowest BCUT2D eigenvalue weighted by molar-refractivity contribution is -0.0863. The molecule has 0 bridgehead atoms. The van der Waals surface area contributed by atoms with Crippen LogP contribution in [0.15, 0.2) is 47.2 Å². The number of carbonyl (C=O) groups is 1. The van der Waals surface area contributed by atoms with Gasteiger partial charge in [0, 0.05) is 23.9 Å². The van der Waals surface area contributed by atoms with E-state index in [1.165, 1.54) is 0 Å². The Morgan fingerprint density at radius 1 is 1.25 bits per heavy atom. The topological polar surface area (TPSA) is 45.5 Å². The molecule has 1 amide bonds. The van der Waals surface area contributed by atoms with Crippen LogP contribution in [0.3, 0.4) is 0 Å². The molecule has 1 fully saturated rings. The molecule has 0 unspecified atom stereocenters. The summed E-state index contributed by atoms with van der Waals surface area (Å²) in [5.41, 5.74) is 0.577. The van der Waals surface area contributed by atoms with Crippen LogP contribution in [-0.2, 0) is 12.6 Å². The zero-order valence-electron chi connectivity index (χ0n) is 11.1. The standard InChI is InChI=1S/C15H15BrN2O2/c1-17-7-6-11(8-17)14(19)18-9-15(20,10-18)12-2-4-13(16)5-3-12/h2-8,20H,9-10H2,1H3. The summed E-state index contributed by atoms with van der Waals surface area (Å²) in [7, 11) is 1.88. The SMILES string of the molecule is Cn1ccc(C(=O)N2CC(O)(c3ccc(Br)cc3)C2)c1. The molecule has 0 radical (unpaired) electrons. The van der Waals surface area contributed by atoms with E-state index in [9.17, 15) is 9.90 Å². The number of nitrogens with zero attached hydrogens (tertiary/aromatic N) is 2. The number of likely N-dealkylation sites (tertiary alicyclic amines) is 1. The molecular formula is C15H15BrN2O2. The van der Waals surface area contributed by atoms with Gasteiger partial charge in [-0.25, -0.2) is 0 Å². The summed E-state index contributed by atoms with van der Waals surface area (Å²) in [5, 5.41) is 10.5. The maximum atomic E-state index is 12.2. The van der Waals surface area contributed by atoms with Crippen molar-refractivity contribution >= 4 is 21.8 Å². The zero-order valence-corrected chi connectivity index (χ0v) is 12.7. The lowest BCUT2D eigenvalue weighted by atomic mass is 9.86. The number of amides is 1. The average Bonchev–Trinajstić information content (AvgIpc) is 2.82. The summed E-state index contributed by atoms with van der Waals surface area (Å²) in [4.78, 5) is 13.9. The Labute approximate surface area is 125 Å². The van der Waals surface area contributed by atoms with Gasteiger partial charge in [-0.15, -0.1) is 0 Å². The molecule has 4 nitrogen and oxygen atoms in total. The van der Waals surface area contributed by atoms with E-state index in [4.69, 9.17) is 0 Å². The molecule has 1 saturated heterocycles. The minimum atomic E-state index is -0.925. The monoisotopic (exact) mass is 334 g/mol. The fraction of sp³-hybridized carbons (Fsp3) is 0.267. The van der Waals surface area contributed by atoms with Crippen LogP contribution < -0.4 is 0 Å². The van der Waals surface area contributed by atoms with Crippen LogP contribution in [-0.4, -0.2) is 33.6 Å². The number of rotatable bonds is 2. The molecule has 1 aromatic carbocycles. The van der Waals surface area contributed by atoms with E-state index in [1.807, 2.05) is 42.1 Å². The van der Waals surface area contributed by atoms with Crippen molar-refractivity contribution in [2.75, 3.05) is 13.1 Å². The van der Waals surface area contributed by atoms with Crippen LogP contribution in [0.4, 0.5) is 0 Å². The summed E-state index contributed by atoms with van der Waals surface area (Å²) >= 11 is 3.37. The Balaban J connectivity index is 1.71. The third-order valence-corrected chi connectivity index (χ3v) is 4.18. The van der Waals surface area contributed by atoms with Crippen molar-refractivity contribution in [3.63, 3.8) is 0 Å². The molecule has 0 aliphatic carbocycles. The Hall–Kier alpha value is -1.59. The molecular weight excluding hydrogens is 320 g/mol. The molecule has 1 aliphatic heterocycles. The number of hydrogen-bond donors (Lipinski definition) is 1. The van der Waals surface area contributed by atoms with Crippen molar-refractivity contribution < 1.29 is 9.90 Å². The van der Waals surface area contributed by atoms with Crippen molar-refractivity contribution in [3.05, 3.63) is 58.3 Å². The summed E-state index contributed by atoms with van der Waals surface area (Å²) in [5.74, 6) is -0.0348. The lowest BCUT2D eigenvalue weighted by Gasteiger charge is -2.46. The Morgan fingerprint density at radius 2 is 1.90 bits per heavy atom. The highest BCUT2D eigenvalue weighted by Crippen LogP contribution is 2.33. The molecule has 20 heavy (non-hydrogen) atoms. The van der Waals surface area contributed by atoms with Crippen molar-refractivity contribution in [2.24, 2.45) is 7.05 Å². The Kier molecular flexibility index (Phi) is 3.18. The predicted molar refractivity (Wildman–Crippen MR) is 79.4 cm³/mol. The first-order valence-corrected chi connectivity index (χ1v) is 7.17. The van der Waals surface area contributed by atoms with Crippen molar-refractivity contribution in [1.29, 1.82) is 0 Å². The van der Waals surface area contributed by atoms with Crippen molar-refractivity contribution in [2.45, 2.75) is 5.60 Å². The fourth-order valence-electron chi connectivity index (χ4n) is 2.48. The van der Waals surface area contributed by atoms with Gasteiger partial charge in [0.1, 0.15) is 5.60 Å². The molecule has 1 aliphatic rings. The number of aromatic nitrogens is 1. The van der Waals surface area contributed by atoms with Gasteiger partial charge < -0.3 is 14.6 Å². The Morgan fingerprint density at radius 3 is 2.45 bits per heavy atom. The van der Waals surface area contributed by atoms with Crippen LogP contribution in [0.5, 0.6) is 0 Å². The van der Waals surface area contributed by atoms with E-state index in [-0.39, 0.29) is 5.91 Å². The van der Waals surface area contributed by atoms with Crippen molar-refractivity contribution in [3.8, 4) is 0 Å². The molecule has 2 heterocycles. The molecule has 1 N–H and O–H groups in total. The first-order valence-electron chi connectivity index (χ1n) is 6.38. The third-order valence-electron chi connectivity index (χ3n) is 3.65. The summed E-state index contributed by atoms with van der Waals surface area (Å²) in [6, 6.07) is 9.35. The fourth-order valence-corrected chi connectivity index (χ4v) is 2.75. The zero-order chi connectivity index (χ0) is 14.3. The van der Waals surface area contributed by atoms with Gasteiger partial charge in [-0.1, -0.05) is 28.1 Å². The highest BCUT2D eigenvalue weighted by molar-refractivity contribution is 9.10. The molecule has 5 heteroatoms. The van der Waals surface area contributed by atoms with E-state index >= 15 is 0 Å². The maximum absolute atomic E-state index is 12.2. The molecule has 0 atom stereocenters. The number of carbonyl (C=O) groups excluding carboxylic acids is 1. The number of aliphatic hydroxyl groups is 1. The molecule has 0 saturated carbocycles. The number of β-amino-alcohol motifs (C(OH)–C–C–N with tert-alkyl or cyclic N) is 1. The first kappa shape index (κ1) is 13.4. The summed E-state index contributed by atoms with van der Waals surface area (Å²) in [6.45, 7) is 0.671. The maximum Gasteiger partial charge on any atom is 0.255 e. The average molecular weight is 335 g/mol. The van der Waals surface area contributed by atoms with Gasteiger partial charge in [-0.2, -0.15) is 0 Å². The van der Waals surface area contributed by atoms with E-state index in [1.54, 1.807) is 17.2 Å². The highest BCUT2D eigenvalue weighted by atomic mass is 79.9. The molecule has 0 spiro atoms. The first-order chi connectivity index (χ1) is 9.48. The van der Waals surface area contributed by atoms with Crippen LogP contribution in [0.25, 0.3) is 0 Å². The second-order valence-electron chi connectivity index (χ2n) is 5.27. The predicted octanol–water partition coefficient (Wildman–Crippen LogP) is 2.13. The van der Waals surface area contributed by atoms with Crippen molar-refractivity contribution in [1.82, 2.24) is 9.47 Å². The van der Waals surface area contributed by atoms with Gasteiger partial charge in [0.2, 0.25) is 0 Å². The van der Waals surface area contributed by atoms with Gasteiger partial charge in [-0.3, -0.25) is 4.79 Å². The Bertz CT molecular complexity index is 642. The minimum absolute atomic E-state index is 0.0348. The van der Waals surface area contributed by atoms with E-state index in [0.29, 0.717) is 18.7 Å². The molecule has 104 valence electrons. The van der Waals surface area contributed by atoms with Gasteiger partial charge in [0.25, 0.3) is 5.91 Å². The van der Waals surface area contributed by atoms with Gasteiger partial charge in [-0.05, 0) is 23.8 Å². The number of halogens is 1. The number of aryl methyl sites for hydroxylation is 1. The summed E-state index contributed by atoms with van der Waals surface area (Å²) < 4.78 is 2.81. The van der Waals surface area contributed by atoms with Gasteiger partial charge >= 0.3 is 0 Å². The highest BCUT2D eigenvalue weighted by Gasteiger charge is 2.45. The lowest BCUT2D eigenvalue weighted by Crippen LogP contribution is -2.61. The smallest absolute Gasteiger partial charge is 0.255 e. The normalized spacial score (nSPS) is 16.9. The molecule has 2 aromatic rings. The quantitative estimate of drug-likeness (QED) is 0.914. The minimum Gasteiger partial charge on any atom is -0.381 e. The second-order valence-corrected chi connectivity index (χ2v) is 6.18. The largest absolute Gasteiger partial charge is 0.381 e. The molecule has 1 aromatic heterocycles. The van der Waals surface area contributed by atoms with Crippen LogP contribution in [0, 0.1) is 0 Å². The second kappa shape index (κ2) is 4.75. The third kappa shape index (κ3) is 2.27.